The summed E-state index contributed by atoms with van der Waals surface area (Å²) in [7, 11) is -2.85. The molecule has 0 saturated carbocycles. The second-order valence-electron chi connectivity index (χ2n) is 7.95. The average Bonchev–Trinajstić information content (AvgIpc) is 3.26. The molecule has 0 bridgehead atoms. The Kier molecular flexibility index (Phi) is 6.17. The molecule has 0 saturated heterocycles. The standard InChI is InChI=1S/C25H19F2N5O4S/c1-14-24-21(31-30-14)13-20(29-25(24)36-18-9-10-28-23(12-18)35-2)15-3-6-17(7-4-15)32-37(33,34)22-11-16(26)5-8-19(22)27/h3-13,32H,1-2H3,(H,30,31). The summed E-state index contributed by atoms with van der Waals surface area (Å²) in [6, 6.07) is 13.5. The van der Waals surface area contributed by atoms with Gasteiger partial charge in [0.2, 0.25) is 11.8 Å². The van der Waals surface area contributed by atoms with E-state index in [1.165, 1.54) is 19.2 Å². The molecular weight excluding hydrogens is 504 g/mol. The zero-order valence-electron chi connectivity index (χ0n) is 19.5. The van der Waals surface area contributed by atoms with Crippen LogP contribution in [0.2, 0.25) is 0 Å². The highest BCUT2D eigenvalue weighted by Gasteiger charge is 2.20. The van der Waals surface area contributed by atoms with E-state index in [0.717, 1.165) is 17.8 Å². The topological polar surface area (TPSA) is 119 Å². The largest absolute Gasteiger partial charge is 0.481 e. The Hall–Kier alpha value is -4.58. The van der Waals surface area contributed by atoms with Gasteiger partial charge in [-0.25, -0.2) is 27.2 Å². The maximum atomic E-state index is 14.0. The summed E-state index contributed by atoms with van der Waals surface area (Å²) in [6.07, 6.45) is 1.55. The number of pyridine rings is 2. The first-order valence-electron chi connectivity index (χ1n) is 10.9. The summed E-state index contributed by atoms with van der Waals surface area (Å²) in [5.74, 6) is -0.775. The lowest BCUT2D eigenvalue weighted by Gasteiger charge is -2.11. The molecule has 2 aromatic carbocycles. The Morgan fingerprint density at radius 1 is 1.00 bits per heavy atom. The molecule has 0 radical (unpaired) electrons. The number of sulfonamides is 1. The number of ether oxygens (including phenoxy) is 2. The summed E-state index contributed by atoms with van der Waals surface area (Å²) >= 11 is 0. The maximum absolute atomic E-state index is 14.0. The van der Waals surface area contributed by atoms with Gasteiger partial charge in [-0.05, 0) is 49.4 Å². The van der Waals surface area contributed by atoms with Crippen LogP contribution in [0.5, 0.6) is 17.5 Å². The van der Waals surface area contributed by atoms with Crippen molar-refractivity contribution in [2.24, 2.45) is 0 Å². The predicted molar refractivity (Wildman–Crippen MR) is 132 cm³/mol. The number of nitrogens with one attached hydrogen (secondary N) is 2. The molecule has 9 nitrogen and oxygen atoms in total. The highest BCUT2D eigenvalue weighted by atomic mass is 32.2. The van der Waals surface area contributed by atoms with Gasteiger partial charge in [0.15, 0.2) is 0 Å². The number of halogens is 2. The Labute approximate surface area is 210 Å². The van der Waals surface area contributed by atoms with Crippen LogP contribution in [0.25, 0.3) is 22.2 Å². The lowest BCUT2D eigenvalue weighted by atomic mass is 10.1. The average molecular weight is 524 g/mol. The normalized spacial score (nSPS) is 11.5. The van der Waals surface area contributed by atoms with E-state index >= 15 is 0 Å². The smallest absolute Gasteiger partial charge is 0.264 e. The van der Waals surface area contributed by atoms with Gasteiger partial charge in [-0.15, -0.1) is 0 Å². The van der Waals surface area contributed by atoms with Crippen molar-refractivity contribution < 1.29 is 26.7 Å². The number of hydrogen-bond donors (Lipinski definition) is 2. The molecule has 0 spiro atoms. The van der Waals surface area contributed by atoms with Gasteiger partial charge in [-0.2, -0.15) is 5.10 Å². The SMILES string of the molecule is COc1cc(Oc2nc(-c3ccc(NS(=O)(=O)c4cc(F)ccc4F)cc3)cc3n[nH]c(C)c23)ccn1. The molecule has 5 rings (SSSR count). The first-order valence-corrected chi connectivity index (χ1v) is 12.3. The Bertz CT molecular complexity index is 1720. The summed E-state index contributed by atoms with van der Waals surface area (Å²) in [5, 5.41) is 7.93. The van der Waals surface area contributed by atoms with Gasteiger partial charge in [0, 0.05) is 29.2 Å². The van der Waals surface area contributed by atoms with Crippen LogP contribution < -0.4 is 14.2 Å². The zero-order chi connectivity index (χ0) is 26.2. The van der Waals surface area contributed by atoms with E-state index in [-0.39, 0.29) is 5.69 Å². The molecule has 0 unspecified atom stereocenters. The number of methoxy groups -OCH3 is 1. The molecule has 0 fully saturated rings. The Balaban J connectivity index is 1.46. The summed E-state index contributed by atoms with van der Waals surface area (Å²) in [4.78, 5) is 7.94. The number of rotatable bonds is 7. The fourth-order valence-electron chi connectivity index (χ4n) is 3.65. The number of aromatic amines is 1. The van der Waals surface area contributed by atoms with E-state index in [9.17, 15) is 17.2 Å². The third-order valence-corrected chi connectivity index (χ3v) is 6.83. The molecule has 0 aliphatic rings. The van der Waals surface area contributed by atoms with Crippen LogP contribution in [0.15, 0.2) is 71.8 Å². The number of aryl methyl sites for hydroxylation is 1. The second kappa shape index (κ2) is 9.47. The van der Waals surface area contributed by atoms with E-state index in [1.54, 1.807) is 36.5 Å². The molecule has 5 aromatic rings. The number of aromatic nitrogens is 4. The second-order valence-corrected chi connectivity index (χ2v) is 9.60. The minimum Gasteiger partial charge on any atom is -0.481 e. The van der Waals surface area contributed by atoms with E-state index < -0.39 is 26.6 Å². The van der Waals surface area contributed by atoms with Crippen LogP contribution in [0, 0.1) is 18.6 Å². The fraction of sp³-hybridized carbons (Fsp3) is 0.0800. The van der Waals surface area contributed by atoms with Crippen LogP contribution in [-0.2, 0) is 10.0 Å². The number of hydrogen-bond acceptors (Lipinski definition) is 7. The van der Waals surface area contributed by atoms with Gasteiger partial charge < -0.3 is 9.47 Å². The van der Waals surface area contributed by atoms with Crippen molar-refractivity contribution in [3.05, 3.63) is 84.2 Å². The lowest BCUT2D eigenvalue weighted by Crippen LogP contribution is -2.14. The number of anilines is 1. The van der Waals surface area contributed by atoms with Crippen molar-refractivity contribution in [3.63, 3.8) is 0 Å². The van der Waals surface area contributed by atoms with Gasteiger partial charge in [0.1, 0.15) is 22.3 Å². The molecule has 3 heterocycles. The number of H-pyrrole nitrogens is 1. The van der Waals surface area contributed by atoms with Gasteiger partial charge in [0.05, 0.1) is 23.7 Å². The summed E-state index contributed by atoms with van der Waals surface area (Å²) in [5.41, 5.74) is 2.69. The van der Waals surface area contributed by atoms with Crippen molar-refractivity contribution in [3.8, 4) is 28.8 Å². The van der Waals surface area contributed by atoms with Gasteiger partial charge >= 0.3 is 0 Å². The molecule has 37 heavy (non-hydrogen) atoms. The highest BCUT2D eigenvalue weighted by Crippen LogP contribution is 2.34. The first kappa shape index (κ1) is 24.1. The molecule has 3 aromatic heterocycles. The van der Waals surface area contributed by atoms with E-state index in [1.807, 2.05) is 6.92 Å². The molecule has 0 aliphatic heterocycles. The van der Waals surface area contributed by atoms with Crippen LogP contribution in [0.1, 0.15) is 5.69 Å². The molecular formula is C25H19F2N5O4S. The Morgan fingerprint density at radius 3 is 2.54 bits per heavy atom. The lowest BCUT2D eigenvalue weighted by molar-refractivity contribution is 0.391. The van der Waals surface area contributed by atoms with E-state index in [4.69, 9.17) is 9.47 Å². The van der Waals surface area contributed by atoms with E-state index in [2.05, 4.69) is 24.9 Å². The van der Waals surface area contributed by atoms with Crippen molar-refractivity contribution in [2.75, 3.05) is 11.8 Å². The molecule has 0 amide bonds. The molecule has 12 heteroatoms. The quantitative estimate of drug-likeness (QED) is 0.301. The van der Waals surface area contributed by atoms with Crippen molar-refractivity contribution in [1.82, 2.24) is 20.2 Å². The zero-order valence-corrected chi connectivity index (χ0v) is 20.3. The number of fused-ring (bicyclic) bond motifs is 1. The molecule has 0 atom stereocenters. The molecule has 0 aliphatic carbocycles. The molecule has 188 valence electrons. The van der Waals surface area contributed by atoms with Crippen molar-refractivity contribution in [1.29, 1.82) is 0 Å². The van der Waals surface area contributed by atoms with Gasteiger partial charge in [-0.1, -0.05) is 12.1 Å². The highest BCUT2D eigenvalue weighted by molar-refractivity contribution is 7.92. The van der Waals surface area contributed by atoms with Crippen LogP contribution >= 0.6 is 0 Å². The Morgan fingerprint density at radius 2 is 1.78 bits per heavy atom. The molecule has 2 N–H and O–H groups in total. The van der Waals surface area contributed by atoms with Gasteiger partial charge in [-0.3, -0.25) is 9.82 Å². The monoisotopic (exact) mass is 523 g/mol. The summed E-state index contributed by atoms with van der Waals surface area (Å²) < 4.78 is 66.1. The fourth-order valence-corrected chi connectivity index (χ4v) is 4.80. The third-order valence-electron chi connectivity index (χ3n) is 5.43. The number of benzene rings is 2. The maximum Gasteiger partial charge on any atom is 0.264 e. The third kappa shape index (κ3) is 4.91. The van der Waals surface area contributed by atoms with Crippen molar-refractivity contribution in [2.45, 2.75) is 11.8 Å². The number of nitrogens with zero attached hydrogens (tertiary/aromatic N) is 3. The minimum absolute atomic E-state index is 0.157. The van der Waals surface area contributed by atoms with Crippen LogP contribution in [0.4, 0.5) is 14.5 Å². The van der Waals surface area contributed by atoms with E-state index in [0.29, 0.717) is 45.7 Å². The van der Waals surface area contributed by atoms with Crippen LogP contribution in [-0.4, -0.2) is 35.7 Å². The van der Waals surface area contributed by atoms with Crippen molar-refractivity contribution >= 4 is 26.6 Å². The first-order chi connectivity index (χ1) is 17.7. The minimum atomic E-state index is -4.35. The predicted octanol–water partition coefficient (Wildman–Crippen LogP) is 5.21. The van der Waals surface area contributed by atoms with Gasteiger partial charge in [0.25, 0.3) is 10.0 Å². The summed E-state index contributed by atoms with van der Waals surface area (Å²) in [6.45, 7) is 1.85. The van der Waals surface area contributed by atoms with Crippen LogP contribution in [0.3, 0.4) is 0 Å².